The lowest BCUT2D eigenvalue weighted by Gasteiger charge is -2.18. The quantitative estimate of drug-likeness (QED) is 0.862. The van der Waals surface area contributed by atoms with Crippen LogP contribution in [0.4, 0.5) is 11.4 Å². The van der Waals surface area contributed by atoms with Crippen LogP contribution in [0.2, 0.25) is 0 Å². The second kappa shape index (κ2) is 6.80. The van der Waals surface area contributed by atoms with E-state index in [2.05, 4.69) is 22.4 Å². The van der Waals surface area contributed by atoms with Gasteiger partial charge < -0.3 is 9.84 Å². The summed E-state index contributed by atoms with van der Waals surface area (Å²) >= 11 is 0. The van der Waals surface area contributed by atoms with Gasteiger partial charge in [-0.15, -0.1) is 0 Å². The first-order chi connectivity index (χ1) is 11.5. The highest BCUT2D eigenvalue weighted by atomic mass is 32.2. The normalized spacial score (nSPS) is 17.8. The molecule has 0 saturated carbocycles. The van der Waals surface area contributed by atoms with Gasteiger partial charge in [-0.2, -0.15) is 4.98 Å². The fourth-order valence-electron chi connectivity index (χ4n) is 2.73. The molecule has 2 aromatic rings. The molecule has 1 fully saturated rings. The molecule has 1 atom stereocenters. The fraction of sp³-hybridized carbons (Fsp3) is 0.500. The van der Waals surface area contributed by atoms with E-state index in [1.54, 1.807) is 0 Å². The van der Waals surface area contributed by atoms with Gasteiger partial charge in [-0.3, -0.25) is 4.31 Å². The summed E-state index contributed by atoms with van der Waals surface area (Å²) in [4.78, 5) is 4.37. The molecular weight excluding hydrogens is 328 g/mol. The molecule has 7 nitrogen and oxygen atoms in total. The Kier molecular flexibility index (Phi) is 4.75. The highest BCUT2D eigenvalue weighted by Crippen LogP contribution is 2.26. The first-order valence-electron chi connectivity index (χ1n) is 8.19. The van der Waals surface area contributed by atoms with Gasteiger partial charge in [-0.25, -0.2) is 8.42 Å². The lowest BCUT2D eigenvalue weighted by Crippen LogP contribution is -2.24. The summed E-state index contributed by atoms with van der Waals surface area (Å²) in [5.41, 5.74) is 1.58. The van der Waals surface area contributed by atoms with Crippen molar-refractivity contribution in [3.8, 4) is 0 Å². The Bertz CT molecular complexity index is 786. The number of aryl methyl sites for hydroxylation is 1. The van der Waals surface area contributed by atoms with E-state index in [9.17, 15) is 8.42 Å². The lowest BCUT2D eigenvalue weighted by atomic mass is 10.2. The predicted octanol–water partition coefficient (Wildman–Crippen LogP) is 2.74. The Labute approximate surface area is 142 Å². The van der Waals surface area contributed by atoms with Crippen LogP contribution in [0.5, 0.6) is 0 Å². The number of aromatic nitrogens is 2. The van der Waals surface area contributed by atoms with E-state index >= 15 is 0 Å². The Morgan fingerprint density at radius 3 is 2.71 bits per heavy atom. The maximum absolute atomic E-state index is 11.9. The molecule has 3 rings (SSSR count). The van der Waals surface area contributed by atoms with Crippen LogP contribution < -0.4 is 9.62 Å². The Morgan fingerprint density at radius 1 is 1.33 bits per heavy atom. The van der Waals surface area contributed by atoms with Crippen LogP contribution >= 0.6 is 0 Å². The van der Waals surface area contributed by atoms with Crippen LogP contribution in [0.3, 0.4) is 0 Å². The van der Waals surface area contributed by atoms with Crippen LogP contribution in [0.15, 0.2) is 28.8 Å². The van der Waals surface area contributed by atoms with Crippen molar-refractivity contribution in [2.45, 2.75) is 39.2 Å². The number of hydrogen-bond acceptors (Lipinski definition) is 6. The third-order valence-corrected chi connectivity index (χ3v) is 5.84. The third kappa shape index (κ3) is 3.53. The maximum atomic E-state index is 11.9. The molecule has 1 aromatic carbocycles. The standard InChI is InChI=1S/C16H22N4O3S/c1-3-5-15-18-16(23-19-15)12(2)17-13-6-8-14(9-7-13)20-10-4-11-24(20,21)22/h6-9,12,17H,3-5,10-11H2,1-2H3/t12-/m1/s1. The third-order valence-electron chi connectivity index (χ3n) is 3.97. The van der Waals surface area contributed by atoms with Crippen molar-refractivity contribution >= 4 is 21.4 Å². The second-order valence-corrected chi connectivity index (χ2v) is 7.97. The minimum Gasteiger partial charge on any atom is -0.374 e. The summed E-state index contributed by atoms with van der Waals surface area (Å²) in [5, 5.41) is 7.24. The van der Waals surface area contributed by atoms with Crippen LogP contribution in [0, 0.1) is 0 Å². The number of nitrogens with zero attached hydrogens (tertiary/aromatic N) is 3. The van der Waals surface area contributed by atoms with Crippen LogP contribution in [0.25, 0.3) is 0 Å². The maximum Gasteiger partial charge on any atom is 0.248 e. The van der Waals surface area contributed by atoms with Crippen molar-refractivity contribution in [3.63, 3.8) is 0 Å². The zero-order valence-corrected chi connectivity index (χ0v) is 14.7. The molecule has 24 heavy (non-hydrogen) atoms. The van der Waals surface area contributed by atoms with Crippen molar-refractivity contribution in [1.82, 2.24) is 10.1 Å². The van der Waals surface area contributed by atoms with E-state index in [4.69, 9.17) is 4.52 Å². The van der Waals surface area contributed by atoms with Crippen LogP contribution in [-0.4, -0.2) is 30.9 Å². The summed E-state index contributed by atoms with van der Waals surface area (Å²) < 4.78 is 30.6. The van der Waals surface area contributed by atoms with E-state index in [0.29, 0.717) is 24.5 Å². The van der Waals surface area contributed by atoms with Gasteiger partial charge in [0, 0.05) is 18.7 Å². The highest BCUT2D eigenvalue weighted by molar-refractivity contribution is 7.93. The Balaban J connectivity index is 1.67. The molecule has 1 aromatic heterocycles. The topological polar surface area (TPSA) is 88.3 Å². The summed E-state index contributed by atoms with van der Waals surface area (Å²) in [7, 11) is -3.14. The number of sulfonamides is 1. The number of rotatable bonds is 6. The molecule has 130 valence electrons. The zero-order chi connectivity index (χ0) is 17.2. The van der Waals surface area contributed by atoms with Crippen molar-refractivity contribution in [2.75, 3.05) is 21.9 Å². The number of nitrogens with one attached hydrogen (secondary N) is 1. The summed E-state index contributed by atoms with van der Waals surface area (Å²) in [6, 6.07) is 7.23. The lowest BCUT2D eigenvalue weighted by molar-refractivity contribution is 0.362. The molecule has 0 spiro atoms. The fourth-order valence-corrected chi connectivity index (χ4v) is 4.30. The van der Waals surface area contributed by atoms with Crippen molar-refractivity contribution in [1.29, 1.82) is 0 Å². The highest BCUT2D eigenvalue weighted by Gasteiger charge is 2.28. The summed E-state index contributed by atoms with van der Waals surface area (Å²) in [5.74, 6) is 1.49. The van der Waals surface area contributed by atoms with Gasteiger partial charge in [0.15, 0.2) is 5.82 Å². The van der Waals surface area contributed by atoms with Gasteiger partial charge in [0.1, 0.15) is 6.04 Å². The molecule has 8 heteroatoms. The SMILES string of the molecule is CCCc1noc([C@@H](C)Nc2ccc(N3CCCS3(=O)=O)cc2)n1. The van der Waals surface area contributed by atoms with Crippen molar-refractivity contribution in [3.05, 3.63) is 36.0 Å². The number of benzene rings is 1. The Morgan fingerprint density at radius 2 is 2.08 bits per heavy atom. The summed E-state index contributed by atoms with van der Waals surface area (Å²) in [6.07, 6.45) is 2.45. The average Bonchev–Trinajstić information content (AvgIpc) is 3.15. The molecule has 0 radical (unpaired) electrons. The largest absolute Gasteiger partial charge is 0.374 e. The average molecular weight is 350 g/mol. The van der Waals surface area contributed by atoms with Crippen molar-refractivity contribution < 1.29 is 12.9 Å². The van der Waals surface area contributed by atoms with Gasteiger partial charge in [0.2, 0.25) is 15.9 Å². The molecule has 0 amide bonds. The predicted molar refractivity (Wildman–Crippen MR) is 92.5 cm³/mol. The van der Waals surface area contributed by atoms with E-state index in [0.717, 1.165) is 24.4 Å². The summed E-state index contributed by atoms with van der Waals surface area (Å²) in [6.45, 7) is 4.57. The molecular formula is C16H22N4O3S. The minimum absolute atomic E-state index is 0.121. The molecule has 1 saturated heterocycles. The van der Waals surface area contributed by atoms with Crippen molar-refractivity contribution in [2.24, 2.45) is 0 Å². The van der Waals surface area contributed by atoms with E-state index < -0.39 is 10.0 Å². The minimum atomic E-state index is -3.14. The Hall–Kier alpha value is -2.09. The molecule has 0 aliphatic carbocycles. The van der Waals surface area contributed by atoms with E-state index in [-0.39, 0.29) is 11.8 Å². The van der Waals surface area contributed by atoms with Gasteiger partial charge in [0.25, 0.3) is 0 Å². The van der Waals surface area contributed by atoms with Crippen LogP contribution in [0.1, 0.15) is 44.4 Å². The number of anilines is 2. The second-order valence-electron chi connectivity index (χ2n) is 5.95. The monoisotopic (exact) mass is 350 g/mol. The van der Waals surface area contributed by atoms with Gasteiger partial charge in [-0.1, -0.05) is 12.1 Å². The first-order valence-corrected chi connectivity index (χ1v) is 9.80. The van der Waals surface area contributed by atoms with Gasteiger partial charge in [0.05, 0.1) is 11.4 Å². The molecule has 2 heterocycles. The molecule has 1 aliphatic heterocycles. The molecule has 0 bridgehead atoms. The first kappa shape index (κ1) is 16.8. The molecule has 0 unspecified atom stereocenters. The molecule has 1 N–H and O–H groups in total. The van der Waals surface area contributed by atoms with Gasteiger partial charge in [-0.05, 0) is 44.0 Å². The van der Waals surface area contributed by atoms with Crippen LogP contribution in [-0.2, 0) is 16.4 Å². The van der Waals surface area contributed by atoms with E-state index in [1.807, 2.05) is 31.2 Å². The zero-order valence-electron chi connectivity index (χ0n) is 13.9. The van der Waals surface area contributed by atoms with Gasteiger partial charge >= 0.3 is 0 Å². The molecule has 1 aliphatic rings. The van der Waals surface area contributed by atoms with E-state index in [1.165, 1.54) is 4.31 Å². The number of hydrogen-bond donors (Lipinski definition) is 1. The smallest absolute Gasteiger partial charge is 0.248 e.